The van der Waals surface area contributed by atoms with Crippen molar-refractivity contribution in [3.63, 3.8) is 0 Å². The Kier molecular flexibility index (Phi) is 3.88. The molecule has 1 saturated carbocycles. The third kappa shape index (κ3) is 3.12. The first-order chi connectivity index (χ1) is 8.16. The van der Waals surface area contributed by atoms with Gasteiger partial charge in [-0.2, -0.15) is 8.78 Å². The third-order valence-corrected chi connectivity index (χ3v) is 3.01. The normalized spacial score (nSPS) is 25.2. The van der Waals surface area contributed by atoms with E-state index in [1.165, 1.54) is 0 Å². The fourth-order valence-corrected chi connectivity index (χ4v) is 2.04. The number of aliphatic hydroxyl groups excluding tert-OH is 1. The summed E-state index contributed by atoms with van der Waals surface area (Å²) in [6.45, 7) is 0.464. The van der Waals surface area contributed by atoms with Crippen LogP contribution in [0.1, 0.15) is 38.0 Å². The van der Waals surface area contributed by atoms with Crippen LogP contribution < -0.4 is 5.32 Å². The van der Waals surface area contributed by atoms with Gasteiger partial charge in [0.1, 0.15) is 0 Å². The molecule has 0 unspecified atom stereocenters. The topological polar surface area (TPSA) is 71.2 Å². The molecule has 1 heterocycles. The van der Waals surface area contributed by atoms with E-state index in [4.69, 9.17) is 4.42 Å². The van der Waals surface area contributed by atoms with Gasteiger partial charge in [0.15, 0.2) is 0 Å². The second-order valence-electron chi connectivity index (χ2n) is 4.24. The van der Waals surface area contributed by atoms with Crippen molar-refractivity contribution < 1.29 is 18.3 Å². The zero-order valence-corrected chi connectivity index (χ0v) is 9.27. The van der Waals surface area contributed by atoms with Crippen molar-refractivity contribution in [3.8, 4) is 0 Å². The lowest BCUT2D eigenvalue weighted by atomic mass is 9.86. The molecule has 0 saturated heterocycles. The van der Waals surface area contributed by atoms with Crippen molar-refractivity contribution >= 4 is 6.01 Å². The van der Waals surface area contributed by atoms with Crippen molar-refractivity contribution in [2.45, 2.75) is 38.2 Å². The first-order valence-electron chi connectivity index (χ1n) is 5.70. The zero-order valence-electron chi connectivity index (χ0n) is 9.27. The molecule has 1 aromatic rings. The van der Waals surface area contributed by atoms with Crippen LogP contribution in [0.3, 0.4) is 0 Å². The van der Waals surface area contributed by atoms with Gasteiger partial charge in [-0.05, 0) is 12.8 Å². The van der Waals surface area contributed by atoms with Crippen molar-refractivity contribution in [2.24, 2.45) is 5.92 Å². The second-order valence-corrected chi connectivity index (χ2v) is 4.24. The highest BCUT2D eigenvalue weighted by atomic mass is 19.3. The molecule has 1 fully saturated rings. The van der Waals surface area contributed by atoms with Crippen LogP contribution in [0.25, 0.3) is 0 Å². The molecular weight excluding hydrogens is 232 g/mol. The standard InChI is InChI=1S/C10H15F2N3O2/c11-8(12)9-14-15-10(17-9)13-5-6-3-1-2-4-7(6)16/h6-8,16H,1-5H2,(H,13,15)/t6-,7+/m1/s1. The van der Waals surface area contributed by atoms with Gasteiger partial charge >= 0.3 is 12.4 Å². The molecule has 1 aliphatic rings. The smallest absolute Gasteiger partial charge is 0.315 e. The van der Waals surface area contributed by atoms with E-state index in [1.807, 2.05) is 0 Å². The van der Waals surface area contributed by atoms with Crippen molar-refractivity contribution in [3.05, 3.63) is 5.89 Å². The number of hydrogen-bond acceptors (Lipinski definition) is 5. The minimum absolute atomic E-state index is 0.0157. The zero-order chi connectivity index (χ0) is 12.3. The van der Waals surface area contributed by atoms with Gasteiger partial charge in [0, 0.05) is 12.5 Å². The number of aliphatic hydroxyl groups is 1. The van der Waals surface area contributed by atoms with E-state index in [0.29, 0.717) is 6.54 Å². The average molecular weight is 247 g/mol. The van der Waals surface area contributed by atoms with Gasteiger partial charge in [0.2, 0.25) is 0 Å². The molecule has 5 nitrogen and oxygen atoms in total. The summed E-state index contributed by atoms with van der Waals surface area (Å²) in [4.78, 5) is 0. The maximum Gasteiger partial charge on any atom is 0.315 e. The van der Waals surface area contributed by atoms with Crippen LogP contribution in [0.4, 0.5) is 14.8 Å². The Bertz CT molecular complexity index is 359. The van der Waals surface area contributed by atoms with Gasteiger partial charge in [0.05, 0.1) is 6.10 Å². The van der Waals surface area contributed by atoms with Crippen molar-refractivity contribution in [1.29, 1.82) is 0 Å². The van der Waals surface area contributed by atoms with E-state index in [-0.39, 0.29) is 18.0 Å². The van der Waals surface area contributed by atoms with Crippen LogP contribution >= 0.6 is 0 Å². The lowest BCUT2D eigenvalue weighted by Gasteiger charge is -2.27. The van der Waals surface area contributed by atoms with Gasteiger partial charge in [-0.1, -0.05) is 17.9 Å². The first-order valence-corrected chi connectivity index (χ1v) is 5.70. The second kappa shape index (κ2) is 5.39. The SMILES string of the molecule is O[C@H]1CCCC[C@@H]1CNc1nnc(C(F)F)o1. The lowest BCUT2D eigenvalue weighted by molar-refractivity contribution is 0.0759. The quantitative estimate of drug-likeness (QED) is 0.851. The number of nitrogens with zero attached hydrogens (tertiary/aromatic N) is 2. The Labute approximate surface area is 97.2 Å². The molecule has 7 heteroatoms. The van der Waals surface area contributed by atoms with Gasteiger partial charge < -0.3 is 14.8 Å². The van der Waals surface area contributed by atoms with Crippen LogP contribution in [0.2, 0.25) is 0 Å². The molecular formula is C10H15F2N3O2. The summed E-state index contributed by atoms with van der Waals surface area (Å²) in [6, 6.07) is -0.0157. The average Bonchev–Trinajstić information content (AvgIpc) is 2.77. The van der Waals surface area contributed by atoms with E-state index in [9.17, 15) is 13.9 Å². The molecule has 17 heavy (non-hydrogen) atoms. The highest BCUT2D eigenvalue weighted by Crippen LogP contribution is 2.25. The fraction of sp³-hybridized carbons (Fsp3) is 0.800. The number of hydrogen-bond donors (Lipinski definition) is 2. The molecule has 0 aliphatic heterocycles. The maximum absolute atomic E-state index is 12.2. The minimum Gasteiger partial charge on any atom is -0.402 e. The monoisotopic (exact) mass is 247 g/mol. The Hall–Kier alpha value is -1.24. The van der Waals surface area contributed by atoms with Crippen LogP contribution in [0.15, 0.2) is 4.42 Å². The van der Waals surface area contributed by atoms with Gasteiger partial charge in [-0.15, -0.1) is 5.10 Å². The van der Waals surface area contributed by atoms with Crippen molar-refractivity contribution in [2.75, 3.05) is 11.9 Å². The van der Waals surface area contributed by atoms with Crippen LogP contribution in [-0.2, 0) is 0 Å². The molecule has 96 valence electrons. The third-order valence-electron chi connectivity index (χ3n) is 3.01. The predicted octanol–water partition coefficient (Wildman–Crippen LogP) is 1.97. The fourth-order valence-electron chi connectivity index (χ4n) is 2.04. The molecule has 0 spiro atoms. The largest absolute Gasteiger partial charge is 0.402 e. The molecule has 1 aromatic heterocycles. The van der Waals surface area contributed by atoms with Crippen LogP contribution in [-0.4, -0.2) is 28.0 Å². The van der Waals surface area contributed by atoms with E-state index >= 15 is 0 Å². The Morgan fingerprint density at radius 2 is 2.12 bits per heavy atom. The highest BCUT2D eigenvalue weighted by molar-refractivity contribution is 5.17. The lowest BCUT2D eigenvalue weighted by Crippen LogP contribution is -2.30. The summed E-state index contributed by atoms with van der Waals surface area (Å²) in [7, 11) is 0. The van der Waals surface area contributed by atoms with Gasteiger partial charge in [0.25, 0.3) is 5.89 Å². The number of anilines is 1. The first kappa shape index (κ1) is 12.2. The maximum atomic E-state index is 12.2. The predicted molar refractivity (Wildman–Crippen MR) is 55.7 cm³/mol. The van der Waals surface area contributed by atoms with Gasteiger partial charge in [-0.25, -0.2) is 0 Å². The van der Waals surface area contributed by atoms with Gasteiger partial charge in [-0.3, -0.25) is 0 Å². The molecule has 1 aliphatic carbocycles. The summed E-state index contributed by atoms with van der Waals surface area (Å²) in [5.74, 6) is -0.567. The van der Waals surface area contributed by atoms with E-state index in [2.05, 4.69) is 15.5 Å². The number of halogens is 2. The molecule has 0 radical (unpaired) electrons. The Morgan fingerprint density at radius 1 is 1.35 bits per heavy atom. The summed E-state index contributed by atoms with van der Waals surface area (Å²) in [6.07, 6.45) is 0.734. The molecule has 0 aromatic carbocycles. The minimum atomic E-state index is -2.75. The number of nitrogens with one attached hydrogen (secondary N) is 1. The molecule has 2 rings (SSSR count). The summed E-state index contributed by atoms with van der Waals surface area (Å²) in [5, 5.41) is 19.2. The summed E-state index contributed by atoms with van der Waals surface area (Å²) < 4.78 is 29.1. The van der Waals surface area contributed by atoms with Crippen LogP contribution in [0.5, 0.6) is 0 Å². The number of aromatic nitrogens is 2. The van der Waals surface area contributed by atoms with Crippen LogP contribution in [0, 0.1) is 5.92 Å². The highest BCUT2D eigenvalue weighted by Gasteiger charge is 2.23. The van der Waals surface area contributed by atoms with E-state index in [0.717, 1.165) is 25.7 Å². The summed E-state index contributed by atoms with van der Waals surface area (Å²) >= 11 is 0. The number of rotatable bonds is 4. The van der Waals surface area contributed by atoms with E-state index < -0.39 is 12.3 Å². The Balaban J connectivity index is 1.84. The molecule has 0 amide bonds. The van der Waals surface area contributed by atoms with E-state index in [1.54, 1.807) is 0 Å². The Morgan fingerprint density at radius 3 is 2.76 bits per heavy atom. The van der Waals surface area contributed by atoms with Crippen molar-refractivity contribution in [1.82, 2.24) is 10.2 Å². The molecule has 2 atom stereocenters. The molecule has 2 N–H and O–H groups in total. The molecule has 0 bridgehead atoms. The number of alkyl halides is 2. The summed E-state index contributed by atoms with van der Waals surface area (Å²) in [5.41, 5.74) is 0.